The third kappa shape index (κ3) is 3.08. The van der Waals surface area contributed by atoms with E-state index in [-0.39, 0.29) is 11.7 Å². The lowest BCUT2D eigenvalue weighted by atomic mass is 10.1. The van der Waals surface area contributed by atoms with Gasteiger partial charge < -0.3 is 4.90 Å². The number of sulfone groups is 1. The number of nitrogens with zero attached hydrogens (tertiary/aromatic N) is 2. The fourth-order valence-corrected chi connectivity index (χ4v) is 6.65. The standard InChI is InChI=1S/C19H22N2O3S2/c1-2-7-20-8-10-21(11-9-20)19(22)16-12-14-13-26(23,24)17-6-4-3-5-15(17)18(14)25-16/h3-6,12H,2,7-11,13H2,1H3. The molecule has 0 spiro atoms. The van der Waals surface area contributed by atoms with Gasteiger partial charge in [0.15, 0.2) is 9.84 Å². The van der Waals surface area contributed by atoms with Crippen molar-refractivity contribution < 1.29 is 13.2 Å². The molecular weight excluding hydrogens is 368 g/mol. The molecule has 0 unspecified atom stereocenters. The van der Waals surface area contributed by atoms with Crippen molar-refractivity contribution in [2.75, 3.05) is 32.7 Å². The highest BCUT2D eigenvalue weighted by Gasteiger charge is 2.31. The lowest BCUT2D eigenvalue weighted by Crippen LogP contribution is -2.48. The van der Waals surface area contributed by atoms with Crippen molar-refractivity contribution in [3.63, 3.8) is 0 Å². The summed E-state index contributed by atoms with van der Waals surface area (Å²) in [5.74, 6) is 0.00311. The number of benzene rings is 1. The zero-order valence-electron chi connectivity index (χ0n) is 14.8. The number of carbonyl (C=O) groups is 1. The molecule has 0 aliphatic carbocycles. The summed E-state index contributed by atoms with van der Waals surface area (Å²) in [6.07, 6.45) is 1.12. The number of hydrogen-bond acceptors (Lipinski definition) is 5. The second kappa shape index (κ2) is 6.79. The summed E-state index contributed by atoms with van der Waals surface area (Å²) in [7, 11) is -3.33. The quantitative estimate of drug-likeness (QED) is 0.809. The van der Waals surface area contributed by atoms with Gasteiger partial charge in [-0.25, -0.2) is 8.42 Å². The highest BCUT2D eigenvalue weighted by molar-refractivity contribution is 7.91. The molecule has 0 N–H and O–H groups in total. The fraction of sp³-hybridized carbons (Fsp3) is 0.421. The van der Waals surface area contributed by atoms with Crippen LogP contribution in [0.25, 0.3) is 10.4 Å². The first-order valence-corrected chi connectivity index (χ1v) is 11.4. The molecule has 7 heteroatoms. The van der Waals surface area contributed by atoms with Crippen LogP contribution >= 0.6 is 11.3 Å². The van der Waals surface area contributed by atoms with Gasteiger partial charge in [0.1, 0.15) is 0 Å². The van der Waals surface area contributed by atoms with E-state index in [1.54, 1.807) is 18.2 Å². The van der Waals surface area contributed by atoms with Crippen LogP contribution in [0.4, 0.5) is 0 Å². The van der Waals surface area contributed by atoms with E-state index in [1.807, 2.05) is 17.0 Å². The molecule has 4 rings (SSSR count). The van der Waals surface area contributed by atoms with Crippen LogP contribution in [-0.2, 0) is 15.6 Å². The Morgan fingerprint density at radius 3 is 2.62 bits per heavy atom. The molecule has 1 aromatic heterocycles. The van der Waals surface area contributed by atoms with E-state index in [0.717, 1.165) is 55.1 Å². The van der Waals surface area contributed by atoms with Crippen molar-refractivity contribution in [3.8, 4) is 10.4 Å². The van der Waals surface area contributed by atoms with E-state index >= 15 is 0 Å². The highest BCUT2D eigenvalue weighted by Crippen LogP contribution is 2.42. The summed E-state index contributed by atoms with van der Waals surface area (Å²) >= 11 is 1.42. The van der Waals surface area contributed by atoms with Crippen LogP contribution in [0.1, 0.15) is 28.6 Å². The van der Waals surface area contributed by atoms with E-state index in [2.05, 4.69) is 11.8 Å². The van der Waals surface area contributed by atoms with Crippen LogP contribution in [0.5, 0.6) is 0 Å². The summed E-state index contributed by atoms with van der Waals surface area (Å²) in [4.78, 5) is 19.1. The van der Waals surface area contributed by atoms with E-state index in [0.29, 0.717) is 9.77 Å². The van der Waals surface area contributed by atoms with Gasteiger partial charge in [0.05, 0.1) is 15.5 Å². The molecule has 2 aliphatic heterocycles. The molecule has 0 atom stereocenters. The molecule has 1 saturated heterocycles. The number of hydrogen-bond donors (Lipinski definition) is 0. The largest absolute Gasteiger partial charge is 0.335 e. The first kappa shape index (κ1) is 17.7. The van der Waals surface area contributed by atoms with Gasteiger partial charge in [-0.15, -0.1) is 11.3 Å². The lowest BCUT2D eigenvalue weighted by molar-refractivity contribution is 0.0642. The van der Waals surface area contributed by atoms with E-state index in [9.17, 15) is 13.2 Å². The number of piperazine rings is 1. The molecular formula is C19H22N2O3S2. The molecule has 5 nitrogen and oxygen atoms in total. The Kier molecular flexibility index (Phi) is 4.62. The molecule has 2 aromatic rings. The van der Waals surface area contributed by atoms with Crippen LogP contribution in [0.15, 0.2) is 35.2 Å². The minimum atomic E-state index is -3.33. The van der Waals surface area contributed by atoms with Crippen molar-refractivity contribution in [2.24, 2.45) is 0 Å². The van der Waals surface area contributed by atoms with Crippen LogP contribution in [0.2, 0.25) is 0 Å². The minimum Gasteiger partial charge on any atom is -0.335 e. The van der Waals surface area contributed by atoms with Crippen molar-refractivity contribution >= 4 is 27.1 Å². The molecule has 138 valence electrons. The van der Waals surface area contributed by atoms with Crippen LogP contribution in [0.3, 0.4) is 0 Å². The molecule has 1 fully saturated rings. The second-order valence-electron chi connectivity index (χ2n) is 6.85. The second-order valence-corrected chi connectivity index (χ2v) is 9.86. The highest BCUT2D eigenvalue weighted by atomic mass is 32.2. The van der Waals surface area contributed by atoms with Gasteiger partial charge in [-0.2, -0.15) is 0 Å². The van der Waals surface area contributed by atoms with Gasteiger partial charge in [0, 0.05) is 36.6 Å². The topological polar surface area (TPSA) is 57.7 Å². The molecule has 0 radical (unpaired) electrons. The van der Waals surface area contributed by atoms with Crippen molar-refractivity contribution in [1.82, 2.24) is 9.80 Å². The fourth-order valence-electron chi connectivity index (χ4n) is 3.72. The van der Waals surface area contributed by atoms with Gasteiger partial charge in [-0.3, -0.25) is 9.69 Å². The molecule has 0 bridgehead atoms. The van der Waals surface area contributed by atoms with Crippen LogP contribution < -0.4 is 0 Å². The molecule has 2 aliphatic rings. The molecule has 1 amide bonds. The number of amides is 1. The number of carbonyl (C=O) groups excluding carboxylic acids is 1. The Hall–Kier alpha value is -1.70. The SMILES string of the molecule is CCCN1CCN(C(=O)c2cc3c(s2)-c2ccccc2S(=O)(=O)C3)CC1. The molecule has 0 saturated carbocycles. The average Bonchev–Trinajstić information content (AvgIpc) is 3.05. The summed E-state index contributed by atoms with van der Waals surface area (Å²) in [6.45, 7) is 6.51. The van der Waals surface area contributed by atoms with E-state index in [1.165, 1.54) is 11.3 Å². The first-order valence-electron chi connectivity index (χ1n) is 8.96. The summed E-state index contributed by atoms with van der Waals surface area (Å²) in [6, 6.07) is 8.86. The molecule has 3 heterocycles. The van der Waals surface area contributed by atoms with Gasteiger partial charge in [0.25, 0.3) is 5.91 Å². The average molecular weight is 391 g/mol. The number of rotatable bonds is 3. The Morgan fingerprint density at radius 1 is 1.15 bits per heavy atom. The van der Waals surface area contributed by atoms with E-state index < -0.39 is 9.84 Å². The van der Waals surface area contributed by atoms with Crippen LogP contribution in [-0.4, -0.2) is 56.8 Å². The predicted molar refractivity (Wildman–Crippen MR) is 103 cm³/mol. The Bertz CT molecular complexity index is 941. The van der Waals surface area contributed by atoms with Crippen molar-refractivity contribution in [2.45, 2.75) is 24.0 Å². The van der Waals surface area contributed by atoms with Gasteiger partial charge in [-0.05, 0) is 30.7 Å². The third-order valence-corrected chi connectivity index (χ3v) is 7.95. The maximum absolute atomic E-state index is 12.9. The number of fused-ring (bicyclic) bond motifs is 3. The lowest BCUT2D eigenvalue weighted by Gasteiger charge is -2.34. The van der Waals surface area contributed by atoms with Gasteiger partial charge >= 0.3 is 0 Å². The molecule has 26 heavy (non-hydrogen) atoms. The summed E-state index contributed by atoms with van der Waals surface area (Å²) in [5.41, 5.74) is 1.48. The minimum absolute atomic E-state index is 0.0204. The predicted octanol–water partition coefficient (Wildman–Crippen LogP) is 2.87. The Labute approximate surface area is 158 Å². The van der Waals surface area contributed by atoms with Crippen LogP contribution in [0, 0.1) is 0 Å². The maximum atomic E-state index is 12.9. The normalized spacial score (nSPS) is 19.0. The van der Waals surface area contributed by atoms with Gasteiger partial charge in [0.2, 0.25) is 0 Å². The third-order valence-electron chi connectivity index (χ3n) is 5.03. The number of thiophene rings is 1. The van der Waals surface area contributed by atoms with E-state index in [4.69, 9.17) is 0 Å². The molecule has 1 aromatic carbocycles. The smallest absolute Gasteiger partial charge is 0.264 e. The van der Waals surface area contributed by atoms with Crippen molar-refractivity contribution in [1.29, 1.82) is 0 Å². The summed E-state index contributed by atoms with van der Waals surface area (Å²) in [5, 5.41) is 0. The van der Waals surface area contributed by atoms with Crippen molar-refractivity contribution in [3.05, 3.63) is 40.8 Å². The Morgan fingerprint density at radius 2 is 1.88 bits per heavy atom. The zero-order chi connectivity index (χ0) is 18.3. The Balaban J connectivity index is 1.60. The first-order chi connectivity index (χ1) is 12.5. The maximum Gasteiger partial charge on any atom is 0.264 e. The van der Waals surface area contributed by atoms with Gasteiger partial charge in [-0.1, -0.05) is 25.1 Å². The monoisotopic (exact) mass is 390 g/mol. The zero-order valence-corrected chi connectivity index (χ0v) is 16.4. The summed E-state index contributed by atoms with van der Waals surface area (Å²) < 4.78 is 25.0.